The Balaban J connectivity index is 1.62. The third-order valence-corrected chi connectivity index (χ3v) is 4.39. The number of hydrazine groups is 1. The predicted octanol–water partition coefficient (Wildman–Crippen LogP) is 6.11. The van der Waals surface area contributed by atoms with E-state index in [2.05, 4.69) is 29.7 Å². The van der Waals surface area contributed by atoms with Crippen molar-refractivity contribution in [3.8, 4) is 0 Å². The smallest absolute Gasteiger partial charge is 0.128 e. The Hall–Kier alpha value is -4.05. The molecule has 0 aliphatic rings. The van der Waals surface area contributed by atoms with Crippen LogP contribution in [0.3, 0.4) is 0 Å². The van der Waals surface area contributed by atoms with Gasteiger partial charge in [0.2, 0.25) is 0 Å². The first-order chi connectivity index (χ1) is 14.4. The van der Waals surface area contributed by atoms with Gasteiger partial charge in [0.05, 0.1) is 22.7 Å². The van der Waals surface area contributed by atoms with Gasteiger partial charge in [-0.2, -0.15) is 5.10 Å². The van der Waals surface area contributed by atoms with E-state index in [0.717, 1.165) is 22.7 Å². The fourth-order valence-electron chi connectivity index (χ4n) is 3.01. The molecule has 142 valence electrons. The van der Waals surface area contributed by atoms with Gasteiger partial charge in [0.25, 0.3) is 0 Å². The average molecular weight is 378 g/mol. The third kappa shape index (κ3) is 4.62. The van der Waals surface area contributed by atoms with Gasteiger partial charge in [-0.05, 0) is 48.5 Å². The minimum atomic E-state index is 0.989. The van der Waals surface area contributed by atoms with Crippen molar-refractivity contribution in [2.45, 2.75) is 0 Å². The van der Waals surface area contributed by atoms with Crippen LogP contribution in [0.15, 0.2) is 126 Å². The normalized spacial score (nSPS) is 10.6. The number of hydrogen-bond acceptors (Lipinski definition) is 3. The van der Waals surface area contributed by atoms with E-state index in [-0.39, 0.29) is 0 Å². The minimum absolute atomic E-state index is 0.989. The van der Waals surface area contributed by atoms with Gasteiger partial charge < -0.3 is 0 Å². The van der Waals surface area contributed by atoms with Gasteiger partial charge >= 0.3 is 0 Å². The molecule has 0 unspecified atom stereocenters. The lowest BCUT2D eigenvalue weighted by atomic mass is 10.2. The van der Waals surface area contributed by atoms with Crippen LogP contribution >= 0.6 is 0 Å². The molecule has 4 aromatic carbocycles. The van der Waals surface area contributed by atoms with Crippen molar-refractivity contribution in [2.24, 2.45) is 5.10 Å². The molecule has 0 radical (unpaired) electrons. The number of nitrogens with zero attached hydrogens (tertiary/aromatic N) is 3. The lowest BCUT2D eigenvalue weighted by Crippen LogP contribution is -2.33. The summed E-state index contributed by atoms with van der Waals surface area (Å²) in [6, 6.07) is 40.5. The largest absolute Gasteiger partial charge is 0.282 e. The second-order valence-corrected chi connectivity index (χ2v) is 6.36. The zero-order chi connectivity index (χ0) is 19.7. The summed E-state index contributed by atoms with van der Waals surface area (Å²) in [6.45, 7) is 0. The van der Waals surface area contributed by atoms with Crippen molar-refractivity contribution in [3.63, 3.8) is 0 Å². The molecule has 0 saturated carbocycles. The van der Waals surface area contributed by atoms with Crippen molar-refractivity contribution in [3.05, 3.63) is 121 Å². The van der Waals surface area contributed by atoms with Crippen molar-refractivity contribution in [2.75, 3.05) is 10.0 Å². The van der Waals surface area contributed by atoms with Crippen LogP contribution < -0.4 is 15.4 Å². The molecular formula is C25H22N4. The molecule has 0 aliphatic heterocycles. The van der Waals surface area contributed by atoms with Gasteiger partial charge in [-0.15, -0.1) is 0 Å². The molecule has 4 nitrogen and oxygen atoms in total. The molecule has 0 fully saturated rings. The molecule has 4 rings (SSSR count). The van der Waals surface area contributed by atoms with Crippen LogP contribution in [0.5, 0.6) is 0 Å². The fraction of sp³-hybridized carbons (Fsp3) is 0. The summed E-state index contributed by atoms with van der Waals surface area (Å²) in [7, 11) is 0. The summed E-state index contributed by atoms with van der Waals surface area (Å²) in [6.07, 6.45) is 1.71. The number of benzene rings is 4. The highest BCUT2D eigenvalue weighted by Crippen LogP contribution is 2.25. The number of anilines is 4. The summed E-state index contributed by atoms with van der Waals surface area (Å²) in [5.41, 5.74) is 7.35. The zero-order valence-electron chi connectivity index (χ0n) is 16.0. The van der Waals surface area contributed by atoms with Gasteiger partial charge in [0.15, 0.2) is 0 Å². The fourth-order valence-corrected chi connectivity index (χ4v) is 3.01. The van der Waals surface area contributed by atoms with E-state index in [9.17, 15) is 0 Å². The lowest BCUT2D eigenvalue weighted by molar-refractivity contribution is 0.935. The predicted molar refractivity (Wildman–Crippen MR) is 122 cm³/mol. The van der Waals surface area contributed by atoms with Crippen molar-refractivity contribution >= 4 is 29.1 Å². The standard InChI is InChI=1S/C25H22N4/c1-5-13-22(14-6-1)28(23-15-7-2-8-16-23)26-21-27-29(24-17-9-3-10-18-24)25-19-11-4-12-20-25/h1-21H,(H,26,27). The maximum Gasteiger partial charge on any atom is 0.128 e. The first-order valence-corrected chi connectivity index (χ1v) is 9.51. The van der Waals surface area contributed by atoms with Crippen LogP contribution in [0.4, 0.5) is 22.7 Å². The van der Waals surface area contributed by atoms with Gasteiger partial charge in [-0.3, -0.25) is 10.4 Å². The molecule has 0 spiro atoms. The van der Waals surface area contributed by atoms with Crippen molar-refractivity contribution in [1.29, 1.82) is 0 Å². The summed E-state index contributed by atoms with van der Waals surface area (Å²) >= 11 is 0. The highest BCUT2D eigenvalue weighted by molar-refractivity contribution is 5.71. The number of hydrazone groups is 1. The van der Waals surface area contributed by atoms with E-state index in [0.29, 0.717) is 0 Å². The average Bonchev–Trinajstić information content (AvgIpc) is 2.81. The first-order valence-electron chi connectivity index (χ1n) is 9.51. The Morgan fingerprint density at radius 3 is 1.21 bits per heavy atom. The van der Waals surface area contributed by atoms with E-state index >= 15 is 0 Å². The van der Waals surface area contributed by atoms with Crippen LogP contribution in [0.2, 0.25) is 0 Å². The van der Waals surface area contributed by atoms with Crippen LogP contribution in [-0.4, -0.2) is 6.34 Å². The molecule has 4 heteroatoms. The van der Waals surface area contributed by atoms with E-state index in [4.69, 9.17) is 5.10 Å². The number of nitrogens with one attached hydrogen (secondary N) is 1. The molecule has 4 aromatic rings. The Morgan fingerprint density at radius 2 is 0.828 bits per heavy atom. The molecule has 0 atom stereocenters. The van der Waals surface area contributed by atoms with Crippen LogP contribution in [0, 0.1) is 0 Å². The number of para-hydroxylation sites is 4. The Bertz CT molecular complexity index is 940. The molecule has 0 heterocycles. The minimum Gasteiger partial charge on any atom is -0.282 e. The van der Waals surface area contributed by atoms with Crippen molar-refractivity contribution < 1.29 is 0 Å². The lowest BCUT2D eigenvalue weighted by Gasteiger charge is -2.25. The van der Waals surface area contributed by atoms with Gasteiger partial charge in [-0.1, -0.05) is 72.8 Å². The molecule has 0 amide bonds. The van der Waals surface area contributed by atoms with Gasteiger partial charge in [0.1, 0.15) is 6.34 Å². The summed E-state index contributed by atoms with van der Waals surface area (Å²) < 4.78 is 0. The quantitative estimate of drug-likeness (QED) is 0.239. The zero-order valence-corrected chi connectivity index (χ0v) is 16.0. The SMILES string of the molecule is C(=NN(c1ccccc1)c1ccccc1)NN(c1ccccc1)c1ccccc1. The van der Waals surface area contributed by atoms with Crippen LogP contribution in [0.1, 0.15) is 0 Å². The molecule has 1 N–H and O–H groups in total. The van der Waals surface area contributed by atoms with E-state index < -0.39 is 0 Å². The van der Waals surface area contributed by atoms with E-state index in [1.165, 1.54) is 0 Å². The summed E-state index contributed by atoms with van der Waals surface area (Å²) in [5.74, 6) is 0. The molecule has 0 saturated heterocycles. The second-order valence-electron chi connectivity index (χ2n) is 6.36. The molecule has 0 aliphatic carbocycles. The van der Waals surface area contributed by atoms with Gasteiger partial charge in [0, 0.05) is 0 Å². The molecular weight excluding hydrogens is 356 g/mol. The number of rotatable bonds is 7. The monoisotopic (exact) mass is 378 g/mol. The topological polar surface area (TPSA) is 30.9 Å². The van der Waals surface area contributed by atoms with Gasteiger partial charge in [-0.25, -0.2) is 5.01 Å². The summed E-state index contributed by atoms with van der Waals surface area (Å²) in [5, 5.41) is 8.61. The Kier molecular flexibility index (Phi) is 5.84. The van der Waals surface area contributed by atoms with E-state index in [1.54, 1.807) is 6.34 Å². The Morgan fingerprint density at radius 1 is 0.483 bits per heavy atom. The third-order valence-electron chi connectivity index (χ3n) is 4.39. The highest BCUT2D eigenvalue weighted by atomic mass is 15.6. The molecule has 29 heavy (non-hydrogen) atoms. The molecule has 0 bridgehead atoms. The highest BCUT2D eigenvalue weighted by Gasteiger charge is 2.09. The van der Waals surface area contributed by atoms with Crippen LogP contribution in [0.25, 0.3) is 0 Å². The Labute approximate surface area is 171 Å². The second kappa shape index (κ2) is 9.24. The maximum atomic E-state index is 4.71. The number of hydrogen-bond donors (Lipinski definition) is 1. The molecule has 0 aromatic heterocycles. The van der Waals surface area contributed by atoms with Crippen LogP contribution in [-0.2, 0) is 0 Å². The van der Waals surface area contributed by atoms with Crippen molar-refractivity contribution in [1.82, 2.24) is 5.43 Å². The maximum absolute atomic E-state index is 4.71. The van der Waals surface area contributed by atoms with E-state index in [1.807, 2.05) is 107 Å². The first kappa shape index (κ1) is 18.3. The summed E-state index contributed by atoms with van der Waals surface area (Å²) in [4.78, 5) is 0.